The molecule has 4 N–H and O–H groups in total. The molecule has 0 unspecified atom stereocenters. The average molecular weight is 425 g/mol. The van der Waals surface area contributed by atoms with E-state index < -0.39 is 0 Å². The molecule has 0 radical (unpaired) electrons. The monoisotopic (exact) mass is 424 g/mol. The molecular weight excluding hydrogens is 404 g/mol. The van der Waals surface area contributed by atoms with Gasteiger partial charge in [-0.15, -0.1) is 23.5 Å². The first-order valence-corrected chi connectivity index (χ1v) is 10.4. The van der Waals surface area contributed by atoms with E-state index in [4.69, 9.17) is 10.2 Å². The fraction of sp³-hybridized carbons (Fsp3) is 0.333. The molecule has 0 saturated carbocycles. The number of rotatable bonds is 10. The zero-order chi connectivity index (χ0) is 20.5. The number of aliphatic hydroxyl groups is 2. The number of carbonyl (C=O) groups excluding carboxylic acids is 4. The van der Waals surface area contributed by atoms with Gasteiger partial charge in [0.2, 0.25) is 23.4 Å². The molecule has 0 atom stereocenters. The number of Topliss-reactive ketones (excluding diaryl/α,β-unsaturated/α-hetero) is 2. The molecule has 0 heterocycles. The van der Waals surface area contributed by atoms with Gasteiger partial charge < -0.3 is 20.8 Å². The Kier molecular flexibility index (Phi) is 8.71. The Morgan fingerprint density at radius 3 is 1.54 bits per heavy atom. The van der Waals surface area contributed by atoms with E-state index in [1.165, 1.54) is 0 Å². The quantitative estimate of drug-likeness (QED) is 0.411. The van der Waals surface area contributed by atoms with E-state index >= 15 is 0 Å². The molecule has 0 fully saturated rings. The molecule has 2 rings (SSSR count). The van der Waals surface area contributed by atoms with E-state index in [-0.39, 0.29) is 82.1 Å². The predicted molar refractivity (Wildman–Crippen MR) is 107 cm³/mol. The van der Waals surface area contributed by atoms with E-state index in [2.05, 4.69) is 10.6 Å². The first-order valence-electron chi connectivity index (χ1n) is 8.43. The Morgan fingerprint density at radius 1 is 0.786 bits per heavy atom. The van der Waals surface area contributed by atoms with E-state index in [0.717, 1.165) is 23.5 Å². The Bertz CT molecular complexity index is 744. The molecule has 0 bridgehead atoms. The van der Waals surface area contributed by atoms with Crippen LogP contribution in [-0.4, -0.2) is 71.4 Å². The summed E-state index contributed by atoms with van der Waals surface area (Å²) in [7, 11) is 0. The lowest BCUT2D eigenvalue weighted by atomic mass is 9.94. The van der Waals surface area contributed by atoms with Gasteiger partial charge in [-0.2, -0.15) is 0 Å². The topological polar surface area (TPSA) is 133 Å². The first kappa shape index (κ1) is 22.2. The van der Waals surface area contributed by atoms with E-state index in [1.807, 2.05) is 0 Å². The van der Waals surface area contributed by atoms with Crippen molar-refractivity contribution in [2.45, 2.75) is 0 Å². The van der Waals surface area contributed by atoms with Gasteiger partial charge in [0.1, 0.15) is 0 Å². The van der Waals surface area contributed by atoms with Crippen LogP contribution in [0.3, 0.4) is 0 Å². The number of carbonyl (C=O) groups is 4. The van der Waals surface area contributed by atoms with Gasteiger partial charge in [-0.25, -0.2) is 0 Å². The lowest BCUT2D eigenvalue weighted by Gasteiger charge is -2.20. The van der Waals surface area contributed by atoms with Crippen molar-refractivity contribution in [2.75, 3.05) is 37.8 Å². The van der Waals surface area contributed by atoms with Crippen molar-refractivity contribution in [2.24, 2.45) is 0 Å². The number of thioether (sulfide) groups is 2. The number of benzene rings is 1. The summed E-state index contributed by atoms with van der Waals surface area (Å²) in [5, 5.41) is 22.5. The minimum absolute atomic E-state index is 0.0980. The Labute approximate surface area is 170 Å². The number of fused-ring (bicyclic) bond motifs is 1. The SMILES string of the molecule is O=C(CSC1=C(SCC(=O)NCCO)C(=O)c2ccccc2C1=O)NCCO. The molecule has 8 nitrogen and oxygen atoms in total. The summed E-state index contributed by atoms with van der Waals surface area (Å²) in [4.78, 5) is 49.6. The summed E-state index contributed by atoms with van der Waals surface area (Å²) in [6.07, 6.45) is 0. The second-order valence-corrected chi connectivity index (χ2v) is 7.56. The number of nitrogens with one attached hydrogen (secondary N) is 2. The normalized spacial score (nSPS) is 13.4. The van der Waals surface area contributed by atoms with Crippen LogP contribution in [0, 0.1) is 0 Å². The minimum atomic E-state index is -0.379. The summed E-state index contributed by atoms with van der Waals surface area (Å²) in [5.74, 6) is -1.69. The summed E-state index contributed by atoms with van der Waals surface area (Å²) in [5.41, 5.74) is 0.527. The second-order valence-electron chi connectivity index (χ2n) is 5.59. The van der Waals surface area contributed by atoms with Crippen molar-refractivity contribution in [3.63, 3.8) is 0 Å². The molecule has 0 spiro atoms. The van der Waals surface area contributed by atoms with Crippen LogP contribution in [0.2, 0.25) is 0 Å². The molecule has 2 amide bonds. The lowest BCUT2D eigenvalue weighted by molar-refractivity contribution is -0.119. The number of amides is 2. The maximum Gasteiger partial charge on any atom is 0.230 e. The number of ketones is 2. The van der Waals surface area contributed by atoms with Crippen LogP contribution >= 0.6 is 23.5 Å². The average Bonchev–Trinajstić information content (AvgIpc) is 2.71. The molecule has 0 aromatic heterocycles. The van der Waals surface area contributed by atoms with E-state index in [0.29, 0.717) is 0 Å². The fourth-order valence-corrected chi connectivity index (χ4v) is 4.40. The highest BCUT2D eigenvalue weighted by molar-refractivity contribution is 8.08. The maximum atomic E-state index is 12.9. The van der Waals surface area contributed by atoms with Gasteiger partial charge in [-0.3, -0.25) is 19.2 Å². The highest BCUT2D eigenvalue weighted by atomic mass is 32.2. The Hall–Kier alpha value is -2.14. The molecule has 1 aromatic rings. The smallest absolute Gasteiger partial charge is 0.230 e. The molecular formula is C18H20N2O6S2. The van der Waals surface area contributed by atoms with Crippen molar-refractivity contribution in [3.8, 4) is 0 Å². The summed E-state index contributed by atoms with van der Waals surface area (Å²) >= 11 is 1.86. The molecule has 28 heavy (non-hydrogen) atoms. The highest BCUT2D eigenvalue weighted by Crippen LogP contribution is 2.38. The highest BCUT2D eigenvalue weighted by Gasteiger charge is 2.33. The third-order valence-electron chi connectivity index (χ3n) is 3.60. The molecule has 0 aliphatic heterocycles. The van der Waals surface area contributed by atoms with Crippen LogP contribution in [-0.2, 0) is 9.59 Å². The third-order valence-corrected chi connectivity index (χ3v) is 5.90. The fourth-order valence-electron chi connectivity index (χ4n) is 2.36. The van der Waals surface area contributed by atoms with Crippen molar-refractivity contribution in [3.05, 3.63) is 45.2 Å². The molecule has 10 heteroatoms. The van der Waals surface area contributed by atoms with Crippen LogP contribution in [0.4, 0.5) is 0 Å². The summed E-state index contributed by atoms with van der Waals surface area (Å²) in [6.45, 7) is -0.205. The van der Waals surface area contributed by atoms with Crippen LogP contribution in [0.1, 0.15) is 20.7 Å². The number of allylic oxidation sites excluding steroid dienone is 2. The van der Waals surface area contributed by atoms with Crippen molar-refractivity contribution >= 4 is 46.9 Å². The Morgan fingerprint density at radius 2 is 1.18 bits per heavy atom. The van der Waals surface area contributed by atoms with Crippen LogP contribution < -0.4 is 10.6 Å². The van der Waals surface area contributed by atoms with Gasteiger partial charge in [-0.1, -0.05) is 24.3 Å². The van der Waals surface area contributed by atoms with Crippen molar-refractivity contribution < 1.29 is 29.4 Å². The van der Waals surface area contributed by atoms with Crippen molar-refractivity contribution in [1.82, 2.24) is 10.6 Å². The third kappa shape index (κ3) is 5.68. The zero-order valence-electron chi connectivity index (χ0n) is 14.9. The van der Waals surface area contributed by atoms with Crippen LogP contribution in [0.15, 0.2) is 34.1 Å². The van der Waals surface area contributed by atoms with Gasteiger partial charge in [0, 0.05) is 24.2 Å². The second kappa shape index (κ2) is 11.0. The largest absolute Gasteiger partial charge is 0.395 e. The number of aliphatic hydroxyl groups excluding tert-OH is 2. The van der Waals surface area contributed by atoms with E-state index in [9.17, 15) is 19.2 Å². The van der Waals surface area contributed by atoms with Gasteiger partial charge >= 0.3 is 0 Å². The van der Waals surface area contributed by atoms with Crippen LogP contribution in [0.25, 0.3) is 0 Å². The summed E-state index contributed by atoms with van der Waals surface area (Å²) in [6, 6.07) is 6.41. The van der Waals surface area contributed by atoms with E-state index in [1.54, 1.807) is 24.3 Å². The number of hydrogen-bond donors (Lipinski definition) is 4. The Balaban J connectivity index is 2.22. The van der Waals surface area contributed by atoms with Gasteiger partial charge in [-0.05, 0) is 0 Å². The molecule has 0 saturated heterocycles. The lowest BCUT2D eigenvalue weighted by Crippen LogP contribution is -2.29. The standard InChI is InChI=1S/C18H20N2O6S2/c21-7-5-19-13(23)9-27-17-15(25)11-3-1-2-4-12(11)16(26)18(17)28-10-14(24)20-6-8-22/h1-4,21-22H,5-10H2,(H,19,23)(H,20,24). The number of hydrogen-bond acceptors (Lipinski definition) is 8. The molecule has 150 valence electrons. The zero-order valence-corrected chi connectivity index (χ0v) is 16.5. The molecule has 1 aliphatic rings. The maximum absolute atomic E-state index is 12.9. The van der Waals surface area contributed by atoms with Gasteiger partial charge in [0.15, 0.2) is 0 Å². The molecule has 1 aliphatic carbocycles. The van der Waals surface area contributed by atoms with Gasteiger partial charge in [0.05, 0.1) is 34.5 Å². The van der Waals surface area contributed by atoms with Gasteiger partial charge in [0.25, 0.3) is 0 Å². The molecule has 1 aromatic carbocycles. The predicted octanol–water partition coefficient (Wildman–Crippen LogP) is -0.0394. The minimum Gasteiger partial charge on any atom is -0.395 e. The van der Waals surface area contributed by atoms with Crippen LogP contribution in [0.5, 0.6) is 0 Å². The van der Waals surface area contributed by atoms with Crippen molar-refractivity contribution in [1.29, 1.82) is 0 Å². The first-order chi connectivity index (χ1) is 13.5. The summed E-state index contributed by atoms with van der Waals surface area (Å²) < 4.78 is 0.